The summed E-state index contributed by atoms with van der Waals surface area (Å²) in [6, 6.07) is 7.58. The van der Waals surface area contributed by atoms with Crippen LogP contribution in [0.15, 0.2) is 43.0 Å². The molecule has 10 heteroatoms. The monoisotopic (exact) mass is 421 g/mol. The Morgan fingerprint density at radius 3 is 2.71 bits per heavy atom. The van der Waals surface area contributed by atoms with E-state index in [0.29, 0.717) is 12.4 Å². The standard InChI is InChI=1S/C21H27N9O/c1-3-22-21(31)27-19-13-17(23-15-24-19)14-28-9-11-29(12-10-28)18-5-6-20(26-16(18)2)30-8-4-7-25-30/h4-8,13,15H,3,9-12,14H2,1-2H3,(H2,22,23,24,27,31). The highest BCUT2D eigenvalue weighted by Crippen LogP contribution is 2.22. The fourth-order valence-corrected chi connectivity index (χ4v) is 3.66. The van der Waals surface area contributed by atoms with E-state index in [2.05, 4.69) is 41.6 Å². The first-order chi connectivity index (χ1) is 15.1. The predicted molar refractivity (Wildman–Crippen MR) is 118 cm³/mol. The third-order valence-corrected chi connectivity index (χ3v) is 5.18. The summed E-state index contributed by atoms with van der Waals surface area (Å²) in [5.74, 6) is 1.33. The molecule has 2 N–H and O–H groups in total. The van der Waals surface area contributed by atoms with Crippen LogP contribution in [0.2, 0.25) is 0 Å². The smallest absolute Gasteiger partial charge is 0.320 e. The Labute approximate surface area is 181 Å². The highest BCUT2D eigenvalue weighted by Gasteiger charge is 2.20. The topological polar surface area (TPSA) is 104 Å². The van der Waals surface area contributed by atoms with Crippen molar-refractivity contribution in [3.63, 3.8) is 0 Å². The largest absolute Gasteiger partial charge is 0.368 e. The van der Waals surface area contributed by atoms with E-state index in [1.54, 1.807) is 10.9 Å². The van der Waals surface area contributed by atoms with Gasteiger partial charge in [-0.1, -0.05) is 0 Å². The molecule has 0 bridgehead atoms. The molecule has 1 saturated heterocycles. The van der Waals surface area contributed by atoms with Gasteiger partial charge in [0.15, 0.2) is 5.82 Å². The number of amides is 2. The number of nitrogens with zero attached hydrogens (tertiary/aromatic N) is 7. The van der Waals surface area contributed by atoms with Crippen molar-refractivity contribution in [2.45, 2.75) is 20.4 Å². The molecule has 1 aliphatic rings. The number of nitrogens with one attached hydrogen (secondary N) is 2. The second kappa shape index (κ2) is 9.52. The summed E-state index contributed by atoms with van der Waals surface area (Å²) in [6.45, 7) is 8.87. The molecule has 4 heterocycles. The normalized spacial score (nSPS) is 14.5. The minimum absolute atomic E-state index is 0.261. The Hall–Kier alpha value is -3.53. The van der Waals surface area contributed by atoms with Crippen LogP contribution >= 0.6 is 0 Å². The molecule has 0 unspecified atom stereocenters. The minimum Gasteiger partial charge on any atom is -0.368 e. The average Bonchev–Trinajstić information content (AvgIpc) is 3.30. The molecular formula is C21H27N9O. The molecule has 4 rings (SSSR count). The van der Waals surface area contributed by atoms with Gasteiger partial charge < -0.3 is 10.2 Å². The molecule has 0 spiro atoms. The number of pyridine rings is 1. The highest BCUT2D eigenvalue weighted by atomic mass is 16.2. The zero-order valence-electron chi connectivity index (χ0n) is 17.8. The molecule has 3 aromatic heterocycles. The lowest BCUT2D eigenvalue weighted by molar-refractivity contribution is 0.247. The van der Waals surface area contributed by atoms with Gasteiger partial charge in [-0.2, -0.15) is 5.10 Å². The Kier molecular flexibility index (Phi) is 6.37. The van der Waals surface area contributed by atoms with Crippen molar-refractivity contribution in [3.8, 4) is 5.82 Å². The maximum absolute atomic E-state index is 11.7. The first-order valence-corrected chi connectivity index (χ1v) is 10.4. The number of hydrogen-bond acceptors (Lipinski definition) is 7. The Bertz CT molecular complexity index is 1010. The van der Waals surface area contributed by atoms with Crippen LogP contribution in [0.4, 0.5) is 16.3 Å². The van der Waals surface area contributed by atoms with Crippen LogP contribution in [0.5, 0.6) is 0 Å². The summed E-state index contributed by atoms with van der Waals surface area (Å²) in [7, 11) is 0. The van der Waals surface area contributed by atoms with E-state index in [9.17, 15) is 4.79 Å². The molecule has 162 valence electrons. The first kappa shape index (κ1) is 20.7. The highest BCUT2D eigenvalue weighted by molar-refractivity contribution is 5.88. The number of anilines is 2. The van der Waals surface area contributed by atoms with Crippen LogP contribution in [-0.4, -0.2) is 68.4 Å². The Morgan fingerprint density at radius 1 is 1.16 bits per heavy atom. The Balaban J connectivity index is 1.33. The number of carbonyl (C=O) groups is 1. The predicted octanol–water partition coefficient (Wildman–Crippen LogP) is 1.83. The molecule has 10 nitrogen and oxygen atoms in total. The third-order valence-electron chi connectivity index (χ3n) is 5.18. The quantitative estimate of drug-likeness (QED) is 0.626. The number of carbonyl (C=O) groups excluding carboxylic acids is 1. The van der Waals surface area contributed by atoms with Gasteiger partial charge in [0.1, 0.15) is 12.1 Å². The van der Waals surface area contributed by atoms with Crippen LogP contribution in [0.1, 0.15) is 18.3 Å². The first-order valence-electron chi connectivity index (χ1n) is 10.4. The van der Waals surface area contributed by atoms with E-state index < -0.39 is 0 Å². The van der Waals surface area contributed by atoms with Crippen molar-refractivity contribution in [1.29, 1.82) is 0 Å². The summed E-state index contributed by atoms with van der Waals surface area (Å²) in [4.78, 5) is 29.6. The molecule has 1 aliphatic heterocycles. The third kappa shape index (κ3) is 5.15. The fraction of sp³-hybridized carbons (Fsp3) is 0.381. The van der Waals surface area contributed by atoms with E-state index in [4.69, 9.17) is 4.98 Å². The zero-order valence-corrected chi connectivity index (χ0v) is 17.8. The molecule has 0 aliphatic carbocycles. The number of piperazine rings is 1. The molecule has 1 fully saturated rings. The van der Waals surface area contributed by atoms with E-state index in [1.807, 2.05) is 38.2 Å². The zero-order chi connectivity index (χ0) is 21.6. The van der Waals surface area contributed by atoms with Gasteiger partial charge in [-0.15, -0.1) is 0 Å². The summed E-state index contributed by atoms with van der Waals surface area (Å²) in [5, 5.41) is 9.67. The van der Waals surface area contributed by atoms with E-state index in [-0.39, 0.29) is 6.03 Å². The average molecular weight is 422 g/mol. The Morgan fingerprint density at radius 2 is 2.00 bits per heavy atom. The van der Waals surface area contributed by atoms with Gasteiger partial charge in [0.25, 0.3) is 0 Å². The van der Waals surface area contributed by atoms with Gasteiger partial charge in [0.2, 0.25) is 0 Å². The second-order valence-corrected chi connectivity index (χ2v) is 7.37. The summed E-state index contributed by atoms with van der Waals surface area (Å²) in [6.07, 6.45) is 5.13. The number of aryl methyl sites for hydroxylation is 1. The van der Waals surface area contributed by atoms with Gasteiger partial charge in [0, 0.05) is 57.7 Å². The number of rotatable bonds is 6. The van der Waals surface area contributed by atoms with Crippen LogP contribution in [0.25, 0.3) is 5.82 Å². The molecular weight excluding hydrogens is 394 g/mol. The van der Waals surface area contributed by atoms with Crippen molar-refractivity contribution in [2.24, 2.45) is 0 Å². The second-order valence-electron chi connectivity index (χ2n) is 7.37. The van der Waals surface area contributed by atoms with Crippen molar-refractivity contribution in [3.05, 3.63) is 54.4 Å². The van der Waals surface area contributed by atoms with Crippen molar-refractivity contribution < 1.29 is 4.79 Å². The number of aromatic nitrogens is 5. The molecule has 2 amide bonds. The molecule has 0 aromatic carbocycles. The van der Waals surface area contributed by atoms with Gasteiger partial charge in [-0.05, 0) is 32.0 Å². The van der Waals surface area contributed by atoms with Gasteiger partial charge in [-0.3, -0.25) is 10.2 Å². The molecule has 31 heavy (non-hydrogen) atoms. The molecule has 0 saturated carbocycles. The van der Waals surface area contributed by atoms with E-state index >= 15 is 0 Å². The fourth-order valence-electron chi connectivity index (χ4n) is 3.66. The van der Waals surface area contributed by atoms with Crippen LogP contribution in [0.3, 0.4) is 0 Å². The van der Waals surface area contributed by atoms with Crippen molar-refractivity contribution in [2.75, 3.05) is 42.9 Å². The van der Waals surface area contributed by atoms with E-state index in [0.717, 1.165) is 55.6 Å². The molecule has 0 radical (unpaired) electrons. The lowest BCUT2D eigenvalue weighted by Crippen LogP contribution is -2.46. The minimum atomic E-state index is -0.261. The summed E-state index contributed by atoms with van der Waals surface area (Å²) >= 11 is 0. The van der Waals surface area contributed by atoms with Gasteiger partial charge in [-0.25, -0.2) is 24.4 Å². The van der Waals surface area contributed by atoms with Crippen molar-refractivity contribution >= 4 is 17.5 Å². The lowest BCUT2D eigenvalue weighted by atomic mass is 10.2. The van der Waals surface area contributed by atoms with Gasteiger partial charge >= 0.3 is 6.03 Å². The summed E-state index contributed by atoms with van der Waals surface area (Å²) in [5.41, 5.74) is 3.04. The summed E-state index contributed by atoms with van der Waals surface area (Å²) < 4.78 is 1.77. The maximum atomic E-state index is 11.7. The van der Waals surface area contributed by atoms with Crippen LogP contribution < -0.4 is 15.5 Å². The molecule has 0 atom stereocenters. The van der Waals surface area contributed by atoms with Crippen molar-refractivity contribution in [1.82, 2.24) is 34.9 Å². The lowest BCUT2D eigenvalue weighted by Gasteiger charge is -2.36. The molecule has 3 aromatic rings. The SMILES string of the molecule is CCNC(=O)Nc1cc(CN2CCN(c3ccc(-n4cccn4)nc3C)CC2)ncn1. The number of urea groups is 1. The number of hydrogen-bond donors (Lipinski definition) is 2. The van der Waals surface area contributed by atoms with Crippen LogP contribution in [-0.2, 0) is 6.54 Å². The van der Waals surface area contributed by atoms with Crippen LogP contribution in [0, 0.1) is 6.92 Å². The van der Waals surface area contributed by atoms with E-state index in [1.165, 1.54) is 6.33 Å². The van der Waals surface area contributed by atoms with Gasteiger partial charge in [0.05, 0.1) is 17.1 Å². The maximum Gasteiger partial charge on any atom is 0.320 e.